The lowest BCUT2D eigenvalue weighted by molar-refractivity contribution is -0.123. The largest absolute Gasteiger partial charge is 0.468 e. The number of aryl methyl sites for hydroxylation is 1. The molecule has 0 radical (unpaired) electrons. The van der Waals surface area contributed by atoms with Crippen molar-refractivity contribution in [2.24, 2.45) is 0 Å². The average molecular weight is 400 g/mol. The topological polar surface area (TPSA) is 69.0 Å². The van der Waals surface area contributed by atoms with E-state index in [-0.39, 0.29) is 18.6 Å². The minimum Gasteiger partial charge on any atom is -0.468 e. The molecule has 0 aliphatic heterocycles. The second-order valence-electron chi connectivity index (χ2n) is 7.45. The van der Waals surface area contributed by atoms with E-state index in [9.17, 15) is 4.79 Å². The van der Waals surface area contributed by atoms with Gasteiger partial charge in [0.15, 0.2) is 12.3 Å². The molecule has 0 aliphatic carbocycles. The summed E-state index contributed by atoms with van der Waals surface area (Å²) in [5.41, 5.74) is 4.47. The van der Waals surface area contributed by atoms with Gasteiger partial charge >= 0.3 is 0 Å². The molecule has 152 valence electrons. The number of para-hydroxylation sites is 1. The number of nitrogens with zero attached hydrogens (tertiary/aromatic N) is 3. The van der Waals surface area contributed by atoms with Gasteiger partial charge in [0.25, 0.3) is 5.91 Å². The normalized spacial score (nSPS) is 11.1. The Bertz CT molecular complexity index is 1170. The molecule has 0 spiro atoms. The van der Waals surface area contributed by atoms with Crippen molar-refractivity contribution in [3.8, 4) is 22.8 Å². The summed E-state index contributed by atoms with van der Waals surface area (Å²) < 4.78 is 7.52. The number of aromatic nitrogens is 3. The van der Waals surface area contributed by atoms with Gasteiger partial charge in [-0.15, -0.1) is 0 Å². The fourth-order valence-corrected chi connectivity index (χ4v) is 3.39. The lowest BCUT2D eigenvalue weighted by atomic mass is 10.1. The number of benzene rings is 2. The molecule has 0 saturated heterocycles. The zero-order chi connectivity index (χ0) is 21.1. The van der Waals surface area contributed by atoms with Gasteiger partial charge in [0.05, 0.1) is 11.1 Å². The van der Waals surface area contributed by atoms with Crippen molar-refractivity contribution < 1.29 is 9.53 Å². The molecule has 0 unspecified atom stereocenters. The summed E-state index contributed by atoms with van der Waals surface area (Å²) in [6.45, 7) is 5.75. The minimum absolute atomic E-state index is 0.0613. The monoisotopic (exact) mass is 400 g/mol. The highest BCUT2D eigenvalue weighted by atomic mass is 16.5. The van der Waals surface area contributed by atoms with Gasteiger partial charge in [0.1, 0.15) is 5.69 Å². The predicted octanol–water partition coefficient (Wildman–Crippen LogP) is 4.30. The number of ether oxygens (including phenoxy) is 1. The molecule has 2 aromatic carbocycles. The Morgan fingerprint density at radius 3 is 2.40 bits per heavy atom. The summed E-state index contributed by atoms with van der Waals surface area (Å²) >= 11 is 0. The highest BCUT2D eigenvalue weighted by Gasteiger charge is 2.18. The standard InChI is InChI=1S/C24H24N4O2/c1-16(2)25-20(29)15-30-21-14-17(3)22-23(18-10-6-4-7-11-18)27-28(24(22)26-21)19-12-8-5-9-13-19/h4-14,16H,15H2,1-3H3,(H,25,29). The van der Waals surface area contributed by atoms with E-state index in [1.165, 1.54) is 0 Å². The molecule has 0 bridgehead atoms. The van der Waals surface area contributed by atoms with Crippen molar-refractivity contribution in [1.29, 1.82) is 0 Å². The van der Waals surface area contributed by atoms with Gasteiger partial charge in [-0.1, -0.05) is 48.5 Å². The quantitative estimate of drug-likeness (QED) is 0.524. The molecule has 4 rings (SSSR count). The molecule has 1 N–H and O–H groups in total. The Kier molecular flexibility index (Phi) is 5.48. The Balaban J connectivity index is 1.81. The molecule has 30 heavy (non-hydrogen) atoms. The second kappa shape index (κ2) is 8.37. The van der Waals surface area contributed by atoms with Crippen LogP contribution < -0.4 is 10.1 Å². The maximum atomic E-state index is 12.0. The average Bonchev–Trinajstić information content (AvgIpc) is 3.13. The van der Waals surface area contributed by atoms with Crippen LogP contribution >= 0.6 is 0 Å². The van der Waals surface area contributed by atoms with Crippen LogP contribution in [0, 0.1) is 6.92 Å². The summed E-state index contributed by atoms with van der Waals surface area (Å²) in [6.07, 6.45) is 0. The van der Waals surface area contributed by atoms with Crippen LogP contribution in [0.25, 0.3) is 28.0 Å². The van der Waals surface area contributed by atoms with E-state index in [2.05, 4.69) is 5.32 Å². The minimum atomic E-state index is -0.175. The van der Waals surface area contributed by atoms with Gasteiger partial charge in [-0.3, -0.25) is 4.79 Å². The SMILES string of the molecule is Cc1cc(OCC(=O)NC(C)C)nc2c1c(-c1ccccc1)nn2-c1ccccc1. The van der Waals surface area contributed by atoms with E-state index < -0.39 is 0 Å². The molecule has 0 aliphatic rings. The van der Waals surface area contributed by atoms with Gasteiger partial charge in [0, 0.05) is 17.7 Å². The Morgan fingerprint density at radius 2 is 1.73 bits per heavy atom. The van der Waals surface area contributed by atoms with Crippen molar-refractivity contribution in [3.05, 3.63) is 72.3 Å². The zero-order valence-electron chi connectivity index (χ0n) is 17.3. The molecule has 2 aromatic heterocycles. The van der Waals surface area contributed by atoms with Gasteiger partial charge in [-0.05, 0) is 38.5 Å². The molecule has 0 saturated carbocycles. The van der Waals surface area contributed by atoms with Gasteiger partial charge in [-0.25, -0.2) is 4.68 Å². The number of carbonyl (C=O) groups is 1. The summed E-state index contributed by atoms with van der Waals surface area (Å²) in [5, 5.41) is 8.67. The van der Waals surface area contributed by atoms with Gasteiger partial charge in [0.2, 0.25) is 5.88 Å². The van der Waals surface area contributed by atoms with Crippen molar-refractivity contribution in [2.45, 2.75) is 26.8 Å². The number of hydrogen-bond acceptors (Lipinski definition) is 4. The smallest absolute Gasteiger partial charge is 0.258 e. The number of rotatable bonds is 6. The lowest BCUT2D eigenvalue weighted by Crippen LogP contribution is -2.34. The third-order valence-electron chi connectivity index (χ3n) is 4.66. The fraction of sp³-hybridized carbons (Fsp3) is 0.208. The van der Waals surface area contributed by atoms with Gasteiger partial charge < -0.3 is 10.1 Å². The van der Waals surface area contributed by atoms with E-state index in [0.29, 0.717) is 11.5 Å². The summed E-state index contributed by atoms with van der Waals surface area (Å²) in [7, 11) is 0. The number of fused-ring (bicyclic) bond motifs is 1. The predicted molar refractivity (Wildman–Crippen MR) is 118 cm³/mol. The molecule has 1 amide bonds. The summed E-state index contributed by atoms with van der Waals surface area (Å²) in [4.78, 5) is 16.7. The molecular formula is C24H24N4O2. The highest BCUT2D eigenvalue weighted by molar-refractivity contribution is 5.95. The Morgan fingerprint density at radius 1 is 1.07 bits per heavy atom. The maximum absolute atomic E-state index is 12.0. The van der Waals surface area contributed by atoms with Crippen molar-refractivity contribution in [2.75, 3.05) is 6.61 Å². The highest BCUT2D eigenvalue weighted by Crippen LogP contribution is 2.33. The van der Waals surface area contributed by atoms with E-state index in [0.717, 1.165) is 27.9 Å². The van der Waals surface area contributed by atoms with Crippen LogP contribution in [0.3, 0.4) is 0 Å². The Hall–Kier alpha value is -3.67. The number of pyridine rings is 1. The van der Waals surface area contributed by atoms with Crippen LogP contribution in [0.4, 0.5) is 0 Å². The maximum Gasteiger partial charge on any atom is 0.258 e. The van der Waals surface area contributed by atoms with E-state index >= 15 is 0 Å². The number of hydrogen-bond donors (Lipinski definition) is 1. The first kappa shape index (κ1) is 19.6. The lowest BCUT2D eigenvalue weighted by Gasteiger charge is -2.10. The van der Waals surface area contributed by atoms with Crippen molar-refractivity contribution in [1.82, 2.24) is 20.1 Å². The molecule has 6 nitrogen and oxygen atoms in total. The zero-order valence-corrected chi connectivity index (χ0v) is 17.3. The fourth-order valence-electron chi connectivity index (χ4n) is 3.39. The molecule has 6 heteroatoms. The van der Waals surface area contributed by atoms with Crippen LogP contribution in [0.15, 0.2) is 66.7 Å². The number of carbonyl (C=O) groups excluding carboxylic acids is 1. The van der Waals surface area contributed by atoms with E-state index in [4.69, 9.17) is 14.8 Å². The third kappa shape index (κ3) is 4.03. The molecule has 4 aromatic rings. The van der Waals surface area contributed by atoms with Crippen molar-refractivity contribution >= 4 is 16.9 Å². The first-order valence-corrected chi connectivity index (χ1v) is 9.96. The third-order valence-corrected chi connectivity index (χ3v) is 4.66. The van der Waals surface area contributed by atoms with Crippen LogP contribution in [0.1, 0.15) is 19.4 Å². The molecular weight excluding hydrogens is 376 g/mol. The van der Waals surface area contributed by atoms with E-state index in [1.807, 2.05) is 92.2 Å². The first-order chi connectivity index (χ1) is 14.5. The van der Waals surface area contributed by atoms with Gasteiger partial charge in [-0.2, -0.15) is 10.1 Å². The summed E-state index contributed by atoms with van der Waals surface area (Å²) in [6, 6.07) is 21.8. The van der Waals surface area contributed by atoms with Crippen molar-refractivity contribution in [3.63, 3.8) is 0 Å². The molecule has 0 fully saturated rings. The first-order valence-electron chi connectivity index (χ1n) is 9.96. The summed E-state index contributed by atoms with van der Waals surface area (Å²) in [5.74, 6) is 0.224. The second-order valence-corrected chi connectivity index (χ2v) is 7.45. The molecule has 2 heterocycles. The van der Waals surface area contributed by atoms with E-state index in [1.54, 1.807) is 0 Å². The van der Waals surface area contributed by atoms with Crippen LogP contribution in [0.2, 0.25) is 0 Å². The van der Waals surface area contributed by atoms with Crippen LogP contribution in [0.5, 0.6) is 5.88 Å². The molecule has 0 atom stereocenters. The van der Waals surface area contributed by atoms with Crippen LogP contribution in [-0.2, 0) is 4.79 Å². The Labute approximate surface area is 175 Å². The number of nitrogens with one attached hydrogen (secondary N) is 1. The van der Waals surface area contributed by atoms with Crippen LogP contribution in [-0.4, -0.2) is 33.3 Å². The number of amides is 1.